The Morgan fingerprint density at radius 2 is 1.91 bits per heavy atom. The summed E-state index contributed by atoms with van der Waals surface area (Å²) in [4.78, 5) is 30.2. The van der Waals surface area contributed by atoms with Gasteiger partial charge >= 0.3 is 5.92 Å². The number of aliphatic hydroxyl groups is 1. The Morgan fingerprint density at radius 1 is 1.24 bits per heavy atom. The van der Waals surface area contributed by atoms with E-state index in [2.05, 4.69) is 10.1 Å². The van der Waals surface area contributed by atoms with Crippen LogP contribution < -0.4 is 5.56 Å². The Morgan fingerprint density at radius 3 is 2.56 bits per heavy atom. The van der Waals surface area contributed by atoms with Gasteiger partial charge in [-0.15, -0.1) is 0 Å². The summed E-state index contributed by atoms with van der Waals surface area (Å²) >= 11 is 0. The van der Waals surface area contributed by atoms with E-state index in [4.69, 9.17) is 4.52 Å². The Labute approximate surface area is 197 Å². The molecule has 2 aromatic rings. The molecule has 1 aliphatic carbocycles. The molecule has 1 saturated carbocycles. The molecule has 0 unspecified atom stereocenters. The minimum absolute atomic E-state index is 0.0837. The van der Waals surface area contributed by atoms with E-state index in [0.717, 1.165) is 4.90 Å². The summed E-state index contributed by atoms with van der Waals surface area (Å²) < 4.78 is 38.1. The predicted molar refractivity (Wildman–Crippen MR) is 119 cm³/mol. The van der Waals surface area contributed by atoms with Gasteiger partial charge in [-0.3, -0.25) is 14.2 Å². The molecule has 4 rings (SSSR count). The van der Waals surface area contributed by atoms with E-state index in [-0.39, 0.29) is 31.5 Å². The SMILES string of the molecule is CC1(C)CC(C)(C)CC(O)(C(F)(F)C(=O)N2CCC[C@H]2c2cc(Cn3cnccc3=O)on2)C1. The lowest BCUT2D eigenvalue weighted by molar-refractivity contribution is -0.231. The van der Waals surface area contributed by atoms with Crippen molar-refractivity contribution in [1.29, 1.82) is 0 Å². The van der Waals surface area contributed by atoms with Crippen molar-refractivity contribution in [2.45, 2.75) is 83.9 Å². The number of halogens is 2. The fourth-order valence-electron chi connectivity index (χ4n) is 6.21. The van der Waals surface area contributed by atoms with Crippen LogP contribution in [0.1, 0.15) is 77.3 Å². The van der Waals surface area contributed by atoms with E-state index < -0.39 is 34.3 Å². The van der Waals surface area contributed by atoms with Gasteiger partial charge in [0.05, 0.1) is 18.9 Å². The van der Waals surface area contributed by atoms with Crippen molar-refractivity contribution in [1.82, 2.24) is 19.6 Å². The van der Waals surface area contributed by atoms with E-state index >= 15 is 8.78 Å². The third-order valence-electron chi connectivity index (χ3n) is 6.90. The molecule has 1 aliphatic heterocycles. The maximum absolute atomic E-state index is 15.7. The summed E-state index contributed by atoms with van der Waals surface area (Å²) in [5.74, 6) is -4.97. The zero-order valence-electron chi connectivity index (χ0n) is 20.1. The summed E-state index contributed by atoms with van der Waals surface area (Å²) in [5.41, 5.74) is -3.41. The Bertz CT molecular complexity index is 1110. The number of hydrogen-bond acceptors (Lipinski definition) is 6. The first kappa shape index (κ1) is 24.5. The van der Waals surface area contributed by atoms with Crippen molar-refractivity contribution in [3.05, 3.63) is 46.5 Å². The third-order valence-corrected chi connectivity index (χ3v) is 6.90. The number of alkyl halides is 2. The number of rotatable bonds is 5. The fraction of sp³-hybridized carbons (Fsp3) is 0.667. The van der Waals surface area contributed by atoms with Gasteiger partial charge in [0.15, 0.2) is 5.76 Å². The maximum Gasteiger partial charge on any atom is 0.352 e. The molecule has 186 valence electrons. The van der Waals surface area contributed by atoms with Gasteiger partial charge in [-0.25, -0.2) is 4.98 Å². The Balaban J connectivity index is 1.56. The highest BCUT2D eigenvalue weighted by Crippen LogP contribution is 2.55. The molecule has 2 aliphatic rings. The normalized spacial score (nSPS) is 23.7. The van der Waals surface area contributed by atoms with Crippen LogP contribution in [0.5, 0.6) is 0 Å². The lowest BCUT2D eigenvalue weighted by Gasteiger charge is -2.51. The highest BCUT2D eigenvalue weighted by atomic mass is 19.3. The van der Waals surface area contributed by atoms with Crippen molar-refractivity contribution in [2.75, 3.05) is 6.54 Å². The number of carbonyl (C=O) groups is 1. The second kappa shape index (κ2) is 8.25. The van der Waals surface area contributed by atoms with Crippen LogP contribution in [0.4, 0.5) is 8.78 Å². The molecule has 0 aromatic carbocycles. The van der Waals surface area contributed by atoms with Gasteiger partial charge in [0.25, 0.3) is 11.5 Å². The van der Waals surface area contributed by atoms with Crippen molar-refractivity contribution < 1.29 is 23.2 Å². The molecule has 1 atom stereocenters. The molecule has 34 heavy (non-hydrogen) atoms. The van der Waals surface area contributed by atoms with E-state index in [0.29, 0.717) is 30.7 Å². The van der Waals surface area contributed by atoms with E-state index in [1.807, 2.05) is 27.7 Å². The molecule has 3 heterocycles. The van der Waals surface area contributed by atoms with Crippen LogP contribution in [0.3, 0.4) is 0 Å². The summed E-state index contributed by atoms with van der Waals surface area (Å²) in [6.07, 6.45) is 4.10. The average Bonchev–Trinajstić information content (AvgIpc) is 3.35. The first-order chi connectivity index (χ1) is 15.7. The Kier molecular flexibility index (Phi) is 5.95. The van der Waals surface area contributed by atoms with Crippen LogP contribution >= 0.6 is 0 Å². The second-order valence-electron chi connectivity index (χ2n) is 11.4. The quantitative estimate of drug-likeness (QED) is 0.705. The highest BCUT2D eigenvalue weighted by molar-refractivity contribution is 5.85. The number of amides is 1. The van der Waals surface area contributed by atoms with Crippen molar-refractivity contribution >= 4 is 5.91 Å². The smallest absolute Gasteiger partial charge is 0.352 e. The fourth-order valence-corrected chi connectivity index (χ4v) is 6.21. The molecule has 1 saturated heterocycles. The summed E-state index contributed by atoms with van der Waals surface area (Å²) in [5, 5.41) is 15.2. The van der Waals surface area contributed by atoms with Gasteiger partial charge < -0.3 is 14.5 Å². The first-order valence-corrected chi connectivity index (χ1v) is 11.6. The molecular weight excluding hydrogens is 446 g/mol. The molecule has 0 bridgehead atoms. The maximum atomic E-state index is 15.7. The zero-order chi connectivity index (χ0) is 24.9. The van der Waals surface area contributed by atoms with Gasteiger partial charge in [0, 0.05) is 24.9 Å². The van der Waals surface area contributed by atoms with Crippen molar-refractivity contribution in [3.63, 3.8) is 0 Å². The third kappa shape index (κ3) is 4.52. The van der Waals surface area contributed by atoms with Crippen LogP contribution in [0, 0.1) is 10.8 Å². The molecule has 1 N–H and O–H groups in total. The number of hydrogen-bond donors (Lipinski definition) is 1. The molecule has 2 fully saturated rings. The predicted octanol–water partition coefficient (Wildman–Crippen LogP) is 3.55. The topological polar surface area (TPSA) is 101 Å². The number of carbonyl (C=O) groups excluding carboxylic acids is 1. The van der Waals surface area contributed by atoms with Gasteiger partial charge in [-0.2, -0.15) is 8.78 Å². The lowest BCUT2D eigenvalue weighted by atomic mass is 9.58. The molecule has 1 amide bonds. The summed E-state index contributed by atoms with van der Waals surface area (Å²) in [7, 11) is 0. The second-order valence-corrected chi connectivity index (χ2v) is 11.4. The number of nitrogens with zero attached hydrogens (tertiary/aromatic N) is 4. The molecule has 0 spiro atoms. The standard InChI is InChI=1S/C24H32F2N4O4/c1-21(2)12-22(3,4)14-23(33,13-21)24(25,26)20(32)30-9-5-6-18(30)17-10-16(34-28-17)11-29-15-27-8-7-19(29)31/h7-8,10,15,18,33H,5-6,9,11-14H2,1-4H3/t18-/m0/s1. The first-order valence-electron chi connectivity index (χ1n) is 11.6. The van der Waals surface area contributed by atoms with Crippen molar-refractivity contribution in [3.8, 4) is 0 Å². The van der Waals surface area contributed by atoms with Crippen LogP contribution in [-0.2, 0) is 11.3 Å². The van der Waals surface area contributed by atoms with Crippen LogP contribution in [0.25, 0.3) is 0 Å². The minimum Gasteiger partial charge on any atom is -0.383 e. The van der Waals surface area contributed by atoms with Gasteiger partial charge in [-0.1, -0.05) is 32.9 Å². The van der Waals surface area contributed by atoms with E-state index in [1.54, 1.807) is 6.07 Å². The largest absolute Gasteiger partial charge is 0.383 e. The zero-order valence-corrected chi connectivity index (χ0v) is 20.1. The van der Waals surface area contributed by atoms with Crippen molar-refractivity contribution in [2.24, 2.45) is 10.8 Å². The van der Waals surface area contributed by atoms with Gasteiger partial charge in [0.1, 0.15) is 11.3 Å². The van der Waals surface area contributed by atoms with E-state index in [1.165, 1.54) is 23.2 Å². The average molecular weight is 479 g/mol. The van der Waals surface area contributed by atoms with Gasteiger partial charge in [0.2, 0.25) is 0 Å². The monoisotopic (exact) mass is 478 g/mol. The summed E-state index contributed by atoms with van der Waals surface area (Å²) in [6.45, 7) is 7.63. The van der Waals surface area contributed by atoms with E-state index in [9.17, 15) is 14.7 Å². The van der Waals surface area contributed by atoms with Crippen LogP contribution in [-0.4, -0.2) is 48.7 Å². The molecule has 0 radical (unpaired) electrons. The molecule has 10 heteroatoms. The summed E-state index contributed by atoms with van der Waals surface area (Å²) in [6, 6.07) is 2.21. The van der Waals surface area contributed by atoms with Gasteiger partial charge in [-0.05, 0) is 42.9 Å². The highest BCUT2D eigenvalue weighted by Gasteiger charge is 2.65. The minimum atomic E-state index is -3.94. The molecule has 2 aromatic heterocycles. The van der Waals surface area contributed by atoms with Crippen LogP contribution in [0.15, 0.2) is 34.0 Å². The lowest BCUT2D eigenvalue weighted by Crippen LogP contribution is -2.62. The van der Waals surface area contributed by atoms with Crippen LogP contribution in [0.2, 0.25) is 0 Å². The Hall–Kier alpha value is -2.62. The molecule has 8 nitrogen and oxygen atoms in total. The number of aromatic nitrogens is 3. The number of likely N-dealkylation sites (tertiary alicyclic amines) is 1. The molecular formula is C24H32F2N4O4.